The van der Waals surface area contributed by atoms with Crippen LogP contribution in [-0.4, -0.2) is 38.2 Å². The molecule has 4 nitrogen and oxygen atoms in total. The van der Waals surface area contributed by atoms with Crippen LogP contribution in [0.3, 0.4) is 0 Å². The molecule has 0 unspecified atom stereocenters. The molecule has 0 bridgehead atoms. The summed E-state index contributed by atoms with van der Waals surface area (Å²) >= 11 is 0. The number of hydrogen-bond donors (Lipinski definition) is 0. The van der Waals surface area contributed by atoms with Gasteiger partial charge in [-0.1, -0.05) is 5.11 Å². The summed E-state index contributed by atoms with van der Waals surface area (Å²) < 4.78 is 16.1. The lowest BCUT2D eigenvalue weighted by Gasteiger charge is -2.27. The Hall–Kier alpha value is -0.730. The molecule has 0 saturated heterocycles. The van der Waals surface area contributed by atoms with E-state index in [1.807, 2.05) is 21.0 Å². The van der Waals surface area contributed by atoms with Gasteiger partial charge in [-0.25, -0.2) is 0 Å². The summed E-state index contributed by atoms with van der Waals surface area (Å²) in [5.41, 5.74) is 8.06. The van der Waals surface area contributed by atoms with Crippen molar-refractivity contribution in [2.45, 2.75) is 19.8 Å². The normalized spacial score (nSPS) is 14.6. The van der Waals surface area contributed by atoms with E-state index < -0.39 is 6.50 Å². The predicted molar refractivity (Wildman–Crippen MR) is 50.8 cm³/mol. The second kappa shape index (κ2) is 5.86. The second-order valence-electron chi connectivity index (χ2n) is 3.22. The van der Waals surface area contributed by atoms with E-state index in [-0.39, 0.29) is 0 Å². The Balaban J connectivity index is 4.13. The number of rotatable bonds is 6. The summed E-state index contributed by atoms with van der Waals surface area (Å²) in [5, 5.41) is 3.39. The highest BCUT2D eigenvalue weighted by Crippen LogP contribution is 2.00. The van der Waals surface area contributed by atoms with E-state index in [0.29, 0.717) is 23.9 Å². The summed E-state index contributed by atoms with van der Waals surface area (Å²) in [4.78, 5) is 2.64. The van der Waals surface area contributed by atoms with Gasteiger partial charge in [-0.05, 0) is 25.3 Å². The third kappa shape index (κ3) is 6.01. The number of hydrogen-bond acceptors (Lipinski definition) is 1. The summed E-state index contributed by atoms with van der Waals surface area (Å²) in [6.07, 6.45) is 1.02. The van der Waals surface area contributed by atoms with Crippen molar-refractivity contribution < 1.29 is 7.22 Å². The molecule has 0 amide bonds. The fourth-order valence-corrected chi connectivity index (χ4v) is 0.688. The molecule has 0 fully saturated rings. The van der Waals surface area contributed by atoms with E-state index >= 15 is 0 Å². The molecule has 0 aromatic rings. The molecule has 0 radical (unpaired) electrons. The number of azide groups is 1. The Bertz CT molecular complexity index is 221. The molecule has 4 heteroatoms. The quantitative estimate of drug-likeness (QED) is 0.194. The van der Waals surface area contributed by atoms with Crippen LogP contribution >= 0.6 is 0 Å². The minimum absolute atomic E-state index is 0.337. The predicted octanol–water partition coefficient (Wildman–Crippen LogP) is 2.17. The Labute approximate surface area is 77.2 Å². The van der Waals surface area contributed by atoms with Gasteiger partial charge in [-0.2, -0.15) is 0 Å². The van der Waals surface area contributed by atoms with Gasteiger partial charge in [0, 0.05) is 11.5 Å². The first-order chi connectivity index (χ1) is 6.37. The molecule has 0 aliphatic heterocycles. The van der Waals surface area contributed by atoms with E-state index in [1.165, 1.54) is 0 Å². The third-order valence-electron chi connectivity index (χ3n) is 1.83. The van der Waals surface area contributed by atoms with Crippen molar-refractivity contribution in [1.82, 2.24) is 0 Å². The summed E-state index contributed by atoms with van der Waals surface area (Å²) in [6, 6.07) is 0. The van der Waals surface area contributed by atoms with Gasteiger partial charge >= 0.3 is 0 Å². The van der Waals surface area contributed by atoms with E-state index in [1.54, 1.807) is 0 Å². The molecule has 0 aromatic carbocycles. The van der Waals surface area contributed by atoms with Crippen LogP contribution in [0, 0.1) is 0 Å². The molecule has 0 aliphatic carbocycles. The van der Waals surface area contributed by atoms with Crippen LogP contribution in [0.15, 0.2) is 5.11 Å². The topological polar surface area (TPSA) is 48.8 Å². The van der Waals surface area contributed by atoms with Crippen molar-refractivity contribution in [2.24, 2.45) is 5.11 Å². The number of quaternary nitrogens is 1. The molecule has 0 spiro atoms. The summed E-state index contributed by atoms with van der Waals surface area (Å²) in [6.45, 7) is 1.83. The lowest BCUT2D eigenvalue weighted by Crippen LogP contribution is -2.39. The maximum Gasteiger partial charge on any atom is 0.0924 e. The van der Waals surface area contributed by atoms with Gasteiger partial charge in [0.15, 0.2) is 0 Å². The monoisotopic (exact) mass is 173 g/mol. The zero-order valence-electron chi connectivity index (χ0n) is 10.1. The molecule has 0 heterocycles. The molecule has 0 atom stereocenters. The minimum Gasteiger partial charge on any atom is -0.329 e. The second-order valence-corrected chi connectivity index (χ2v) is 3.22. The van der Waals surface area contributed by atoms with Gasteiger partial charge in [0.1, 0.15) is 0 Å². The van der Waals surface area contributed by atoms with Crippen LogP contribution in [0.1, 0.15) is 22.5 Å². The van der Waals surface area contributed by atoms with Crippen LogP contribution in [0.25, 0.3) is 10.4 Å². The standard InChI is InChI=1S/C8H19N4/c1-4-12(2,3)8-6-5-7-10-11-9/h4-8H2,1-3H3/q+1/i8D2. The van der Waals surface area contributed by atoms with E-state index in [2.05, 4.69) is 10.0 Å². The largest absolute Gasteiger partial charge is 0.329 e. The first kappa shape index (κ1) is 7.90. The average Bonchev–Trinajstić information content (AvgIpc) is 2.12. The minimum atomic E-state index is -1.25. The highest BCUT2D eigenvalue weighted by molar-refractivity contribution is 4.47. The highest BCUT2D eigenvalue weighted by Gasteiger charge is 2.09. The first-order valence-corrected chi connectivity index (χ1v) is 4.21. The van der Waals surface area contributed by atoms with E-state index in [0.717, 1.165) is 6.54 Å². The van der Waals surface area contributed by atoms with E-state index in [9.17, 15) is 0 Å². The Morgan fingerprint density at radius 3 is 2.67 bits per heavy atom. The SMILES string of the molecule is [2H]C([2H])(CCCN=[N+]=[N-])[N+](C)(C)CC. The Morgan fingerprint density at radius 2 is 2.17 bits per heavy atom. The number of nitrogens with zero attached hydrogens (tertiary/aromatic N) is 4. The lowest BCUT2D eigenvalue weighted by atomic mass is 10.3. The molecule has 0 rings (SSSR count). The summed E-state index contributed by atoms with van der Waals surface area (Å²) in [7, 11) is 3.74. The Morgan fingerprint density at radius 1 is 1.50 bits per heavy atom. The van der Waals surface area contributed by atoms with Crippen LogP contribution < -0.4 is 0 Å². The molecule has 0 aliphatic rings. The van der Waals surface area contributed by atoms with Gasteiger partial charge in [0.05, 0.1) is 29.9 Å². The fourth-order valence-electron chi connectivity index (χ4n) is 0.688. The molecular formula is C8H19N4+. The molecule has 0 aromatic heterocycles. The van der Waals surface area contributed by atoms with Crippen LogP contribution in [0.4, 0.5) is 0 Å². The van der Waals surface area contributed by atoms with Crippen LogP contribution in [-0.2, 0) is 0 Å². The smallest absolute Gasteiger partial charge is 0.0924 e. The van der Waals surface area contributed by atoms with Gasteiger partial charge in [-0.15, -0.1) is 0 Å². The van der Waals surface area contributed by atoms with E-state index in [4.69, 9.17) is 8.27 Å². The molecular weight excluding hydrogens is 152 g/mol. The van der Waals surface area contributed by atoms with Crippen molar-refractivity contribution in [1.29, 1.82) is 0 Å². The average molecular weight is 173 g/mol. The van der Waals surface area contributed by atoms with Gasteiger partial charge in [0.25, 0.3) is 0 Å². The van der Waals surface area contributed by atoms with Crippen molar-refractivity contribution in [3.8, 4) is 0 Å². The van der Waals surface area contributed by atoms with Crippen molar-refractivity contribution >= 4 is 0 Å². The lowest BCUT2D eigenvalue weighted by molar-refractivity contribution is -0.888. The fraction of sp³-hybridized carbons (Fsp3) is 1.00. The Kier molecular flexibility index (Phi) is 3.86. The third-order valence-corrected chi connectivity index (χ3v) is 1.83. The maximum atomic E-state index is 8.06. The van der Waals surface area contributed by atoms with Gasteiger partial charge in [-0.3, -0.25) is 0 Å². The van der Waals surface area contributed by atoms with Crippen LogP contribution in [0.2, 0.25) is 0 Å². The zero-order valence-corrected chi connectivity index (χ0v) is 8.12. The van der Waals surface area contributed by atoms with Gasteiger partial charge in [0.2, 0.25) is 0 Å². The van der Waals surface area contributed by atoms with Crippen molar-refractivity contribution in [3.05, 3.63) is 10.4 Å². The maximum absolute atomic E-state index is 8.06. The van der Waals surface area contributed by atoms with Crippen molar-refractivity contribution in [2.75, 3.05) is 33.7 Å². The van der Waals surface area contributed by atoms with Crippen LogP contribution in [0.5, 0.6) is 0 Å². The first-order valence-electron chi connectivity index (χ1n) is 5.21. The zero-order chi connectivity index (χ0) is 11.2. The molecule has 0 saturated carbocycles. The molecule has 70 valence electrons. The molecule has 12 heavy (non-hydrogen) atoms. The highest BCUT2D eigenvalue weighted by atomic mass is 15.3. The summed E-state index contributed by atoms with van der Waals surface area (Å²) in [5.74, 6) is 0. The molecule has 0 N–H and O–H groups in total. The van der Waals surface area contributed by atoms with Crippen molar-refractivity contribution in [3.63, 3.8) is 0 Å². The van der Waals surface area contributed by atoms with Gasteiger partial charge < -0.3 is 4.48 Å².